The molecule has 0 amide bonds. The average Bonchev–Trinajstić information content (AvgIpc) is 2.19. The first-order valence-corrected chi connectivity index (χ1v) is 5.57. The lowest BCUT2D eigenvalue weighted by Gasteiger charge is -2.16. The first kappa shape index (κ1) is 14.0. The molecule has 0 aliphatic heterocycles. The zero-order chi connectivity index (χ0) is 13.2. The van der Waals surface area contributed by atoms with Crippen molar-refractivity contribution in [2.24, 2.45) is 11.8 Å². The van der Waals surface area contributed by atoms with Gasteiger partial charge in [-0.1, -0.05) is 26.8 Å². The van der Waals surface area contributed by atoms with E-state index in [1.54, 1.807) is 0 Å². The summed E-state index contributed by atoms with van der Waals surface area (Å²) in [6.45, 7) is 6.00. The molecule has 0 aliphatic carbocycles. The molecule has 17 heavy (non-hydrogen) atoms. The minimum Gasteiger partial charge on any atom is -0.206 e. The van der Waals surface area contributed by atoms with Gasteiger partial charge in [-0.2, -0.15) is 13.2 Å². The molecule has 0 fully saturated rings. The van der Waals surface area contributed by atoms with E-state index in [-0.39, 0.29) is 5.92 Å². The fraction of sp³-hybridized carbons (Fsp3) is 0.538. The number of halogens is 4. The lowest BCUT2D eigenvalue weighted by molar-refractivity contribution is -0.140. The van der Waals surface area contributed by atoms with Crippen LogP contribution in [0.1, 0.15) is 31.9 Å². The highest BCUT2D eigenvalue weighted by molar-refractivity contribution is 5.27. The molecule has 0 nitrogen and oxygen atoms in total. The predicted molar refractivity (Wildman–Crippen MR) is 59.1 cm³/mol. The number of hydrogen-bond acceptors (Lipinski definition) is 0. The van der Waals surface area contributed by atoms with Crippen LogP contribution in [0.2, 0.25) is 0 Å². The third-order valence-corrected chi connectivity index (χ3v) is 3.03. The Labute approximate surface area is 98.6 Å². The van der Waals surface area contributed by atoms with E-state index < -0.39 is 17.6 Å². The van der Waals surface area contributed by atoms with Crippen LogP contribution in [0.3, 0.4) is 0 Å². The van der Waals surface area contributed by atoms with E-state index in [1.165, 1.54) is 6.07 Å². The highest BCUT2D eigenvalue weighted by Gasteiger charge is 2.34. The molecule has 1 unspecified atom stereocenters. The molecular weight excluding hydrogens is 232 g/mol. The molecule has 0 aromatic heterocycles. The van der Waals surface area contributed by atoms with Crippen molar-refractivity contribution in [2.75, 3.05) is 0 Å². The maximum atomic E-state index is 13.0. The Morgan fingerprint density at radius 3 is 2.18 bits per heavy atom. The minimum atomic E-state index is -4.62. The predicted octanol–water partition coefficient (Wildman–Crippen LogP) is 4.68. The van der Waals surface area contributed by atoms with Crippen molar-refractivity contribution in [1.82, 2.24) is 0 Å². The Kier molecular flexibility index (Phi) is 4.17. The number of rotatable bonds is 3. The van der Waals surface area contributed by atoms with Gasteiger partial charge in [-0.15, -0.1) is 0 Å². The van der Waals surface area contributed by atoms with Crippen LogP contribution in [0.5, 0.6) is 0 Å². The molecule has 1 rings (SSSR count). The lowest BCUT2D eigenvalue weighted by atomic mass is 9.90. The second-order valence-electron chi connectivity index (χ2n) is 4.74. The lowest BCUT2D eigenvalue weighted by Crippen LogP contribution is -2.11. The number of hydrogen-bond donors (Lipinski definition) is 0. The molecule has 4 heteroatoms. The van der Waals surface area contributed by atoms with Crippen molar-refractivity contribution in [1.29, 1.82) is 0 Å². The Morgan fingerprint density at radius 2 is 1.71 bits per heavy atom. The van der Waals surface area contributed by atoms with Gasteiger partial charge in [0.1, 0.15) is 5.82 Å². The normalized spacial score (nSPS) is 14.1. The number of alkyl halides is 3. The zero-order valence-corrected chi connectivity index (χ0v) is 10.1. The van der Waals surface area contributed by atoms with Crippen molar-refractivity contribution in [3.05, 3.63) is 35.1 Å². The van der Waals surface area contributed by atoms with Gasteiger partial charge in [0.25, 0.3) is 0 Å². The highest BCUT2D eigenvalue weighted by atomic mass is 19.4. The van der Waals surface area contributed by atoms with Gasteiger partial charge in [-0.05, 0) is 36.0 Å². The fourth-order valence-corrected chi connectivity index (χ4v) is 1.52. The topological polar surface area (TPSA) is 0 Å². The van der Waals surface area contributed by atoms with Crippen molar-refractivity contribution < 1.29 is 17.6 Å². The molecular formula is C13H16F4. The standard InChI is InChI=1S/C13H16F4/c1-8(2)9(3)6-10-4-5-12(14)11(7-10)13(15,16)17/h4-5,7-9H,6H2,1-3H3. The third-order valence-electron chi connectivity index (χ3n) is 3.03. The molecule has 0 spiro atoms. The van der Waals surface area contributed by atoms with Gasteiger partial charge in [0.05, 0.1) is 5.56 Å². The number of benzene rings is 1. The van der Waals surface area contributed by atoms with Crippen LogP contribution in [0.25, 0.3) is 0 Å². The first-order valence-electron chi connectivity index (χ1n) is 5.57. The van der Waals surface area contributed by atoms with E-state index >= 15 is 0 Å². The molecule has 0 aliphatic rings. The summed E-state index contributed by atoms with van der Waals surface area (Å²) < 4.78 is 50.5. The third kappa shape index (κ3) is 3.72. The van der Waals surface area contributed by atoms with Gasteiger partial charge < -0.3 is 0 Å². The summed E-state index contributed by atoms with van der Waals surface area (Å²) in [5, 5.41) is 0. The summed E-state index contributed by atoms with van der Waals surface area (Å²) in [5.41, 5.74) is -0.647. The molecule has 0 heterocycles. The molecule has 0 radical (unpaired) electrons. The Bertz CT molecular complexity index is 379. The quantitative estimate of drug-likeness (QED) is 0.681. The summed E-state index contributed by atoms with van der Waals surface area (Å²) >= 11 is 0. The molecule has 0 N–H and O–H groups in total. The summed E-state index contributed by atoms with van der Waals surface area (Å²) in [7, 11) is 0. The van der Waals surface area contributed by atoms with Gasteiger partial charge in [0.15, 0.2) is 0 Å². The SMILES string of the molecule is CC(C)C(C)Cc1ccc(F)c(C(F)(F)F)c1. The molecule has 0 bridgehead atoms. The van der Waals surface area contributed by atoms with Gasteiger partial charge >= 0.3 is 6.18 Å². The largest absolute Gasteiger partial charge is 0.419 e. The maximum Gasteiger partial charge on any atom is 0.419 e. The Balaban J connectivity index is 2.97. The van der Waals surface area contributed by atoms with E-state index in [9.17, 15) is 17.6 Å². The van der Waals surface area contributed by atoms with Crippen LogP contribution in [0.4, 0.5) is 17.6 Å². The van der Waals surface area contributed by atoms with E-state index in [2.05, 4.69) is 0 Å². The minimum absolute atomic E-state index is 0.265. The first-order chi connectivity index (χ1) is 7.71. The van der Waals surface area contributed by atoms with Crippen LogP contribution in [-0.4, -0.2) is 0 Å². The summed E-state index contributed by atoms with van der Waals surface area (Å²) in [6.07, 6.45) is -4.10. The van der Waals surface area contributed by atoms with E-state index in [0.717, 1.165) is 12.1 Å². The summed E-state index contributed by atoms with van der Waals surface area (Å²) in [6, 6.07) is 3.23. The molecule has 1 aromatic carbocycles. The smallest absolute Gasteiger partial charge is 0.206 e. The summed E-state index contributed by atoms with van der Waals surface area (Å²) in [5.74, 6) is -0.561. The fourth-order valence-electron chi connectivity index (χ4n) is 1.52. The molecule has 96 valence electrons. The highest BCUT2D eigenvalue weighted by Crippen LogP contribution is 2.32. The van der Waals surface area contributed by atoms with Gasteiger partial charge in [0.2, 0.25) is 0 Å². The van der Waals surface area contributed by atoms with Gasteiger partial charge in [-0.3, -0.25) is 0 Å². The van der Waals surface area contributed by atoms with Crippen molar-refractivity contribution in [3.8, 4) is 0 Å². The van der Waals surface area contributed by atoms with Crippen LogP contribution in [0, 0.1) is 17.7 Å². The van der Waals surface area contributed by atoms with Gasteiger partial charge in [-0.25, -0.2) is 4.39 Å². The molecule has 0 saturated carbocycles. The van der Waals surface area contributed by atoms with Gasteiger partial charge in [0, 0.05) is 0 Å². The Hall–Kier alpha value is -1.06. The average molecular weight is 248 g/mol. The maximum absolute atomic E-state index is 13.0. The van der Waals surface area contributed by atoms with Crippen molar-refractivity contribution in [2.45, 2.75) is 33.4 Å². The summed E-state index contributed by atoms with van der Waals surface area (Å²) in [4.78, 5) is 0. The zero-order valence-electron chi connectivity index (χ0n) is 10.1. The van der Waals surface area contributed by atoms with Crippen molar-refractivity contribution >= 4 is 0 Å². The second kappa shape index (κ2) is 5.07. The molecule has 0 saturated heterocycles. The monoisotopic (exact) mass is 248 g/mol. The Morgan fingerprint density at radius 1 is 1.12 bits per heavy atom. The van der Waals surface area contributed by atoms with E-state index in [0.29, 0.717) is 17.9 Å². The van der Waals surface area contributed by atoms with E-state index in [1.807, 2.05) is 20.8 Å². The second-order valence-corrected chi connectivity index (χ2v) is 4.74. The molecule has 1 aromatic rings. The van der Waals surface area contributed by atoms with Crippen LogP contribution in [0.15, 0.2) is 18.2 Å². The van der Waals surface area contributed by atoms with E-state index in [4.69, 9.17) is 0 Å². The van der Waals surface area contributed by atoms with Crippen LogP contribution < -0.4 is 0 Å². The van der Waals surface area contributed by atoms with Crippen molar-refractivity contribution in [3.63, 3.8) is 0 Å². The van der Waals surface area contributed by atoms with Crippen LogP contribution in [-0.2, 0) is 12.6 Å². The molecule has 1 atom stereocenters. The van der Waals surface area contributed by atoms with Crippen LogP contribution >= 0.6 is 0 Å².